The molecule has 1 heterocycles. The molecule has 1 aliphatic rings. The molecular formula is C55H80N4O17S2. The van der Waals surface area contributed by atoms with Gasteiger partial charge < -0.3 is 79.6 Å². The molecule has 4 rings (SSSR count). The molecular weight excluding hydrogens is 1050 g/mol. The van der Waals surface area contributed by atoms with Gasteiger partial charge in [0, 0.05) is 56.3 Å². The van der Waals surface area contributed by atoms with E-state index in [4.69, 9.17) is 48.4 Å². The number of esters is 1. The number of methoxy groups -OCH3 is 1. The van der Waals surface area contributed by atoms with Crippen molar-refractivity contribution in [2.45, 2.75) is 75.8 Å². The number of benzene rings is 3. The van der Waals surface area contributed by atoms with Crippen molar-refractivity contribution >= 4 is 53.0 Å². The summed E-state index contributed by atoms with van der Waals surface area (Å²) in [5, 5.41) is 41.9. The van der Waals surface area contributed by atoms with Crippen molar-refractivity contribution in [3.63, 3.8) is 0 Å². The lowest BCUT2D eigenvalue weighted by Crippen LogP contribution is -2.68. The van der Waals surface area contributed by atoms with E-state index in [9.17, 15) is 39.3 Å². The first-order valence-electron chi connectivity index (χ1n) is 26.3. The van der Waals surface area contributed by atoms with Crippen molar-refractivity contribution in [1.29, 1.82) is 0 Å². The average Bonchev–Trinajstić information content (AvgIpc) is 3.61. The van der Waals surface area contributed by atoms with Gasteiger partial charge in [-0.05, 0) is 71.6 Å². The minimum absolute atomic E-state index is 0.0585. The molecule has 0 radical (unpaired) electrons. The molecule has 1 saturated heterocycles. The number of carbonyl (C=O) groups is 5. The van der Waals surface area contributed by atoms with Crippen LogP contribution in [0.4, 0.5) is 0 Å². The Bertz CT molecular complexity index is 2220. The Hall–Kier alpha value is -4.73. The van der Waals surface area contributed by atoms with Crippen molar-refractivity contribution < 1.29 is 81.9 Å². The van der Waals surface area contributed by atoms with Crippen LogP contribution in [0.3, 0.4) is 0 Å². The molecule has 0 bridgehead atoms. The Morgan fingerprint density at radius 1 is 0.731 bits per heavy atom. The van der Waals surface area contributed by atoms with E-state index in [0.717, 1.165) is 29.7 Å². The molecule has 3 amide bonds. The zero-order valence-electron chi connectivity index (χ0n) is 45.0. The van der Waals surface area contributed by atoms with Crippen LogP contribution in [0, 0.1) is 0 Å². The highest BCUT2D eigenvalue weighted by atomic mass is 32.2. The first-order valence-corrected chi connectivity index (χ1v) is 28.6. The molecule has 0 spiro atoms. The van der Waals surface area contributed by atoms with Gasteiger partial charge >= 0.3 is 5.97 Å². The Morgan fingerprint density at radius 3 is 1.94 bits per heavy atom. The lowest BCUT2D eigenvalue weighted by Gasteiger charge is -2.47. The highest BCUT2D eigenvalue weighted by molar-refractivity contribution is 7.99. The van der Waals surface area contributed by atoms with E-state index in [-0.39, 0.29) is 43.7 Å². The molecule has 0 unspecified atom stereocenters. The van der Waals surface area contributed by atoms with Crippen molar-refractivity contribution in [3.05, 3.63) is 89.5 Å². The fourth-order valence-electron chi connectivity index (χ4n) is 7.92. The Balaban J connectivity index is 1.23. The Kier molecular flexibility index (Phi) is 32.1. The van der Waals surface area contributed by atoms with Crippen LogP contribution in [0.25, 0.3) is 11.1 Å². The van der Waals surface area contributed by atoms with E-state index in [1.54, 1.807) is 66.0 Å². The number of aliphatic hydroxyl groups excluding tert-OH is 3. The maximum atomic E-state index is 13.6. The highest BCUT2D eigenvalue weighted by Crippen LogP contribution is 2.35. The van der Waals surface area contributed by atoms with Gasteiger partial charge in [0.05, 0.1) is 104 Å². The van der Waals surface area contributed by atoms with Gasteiger partial charge in [0.1, 0.15) is 24.6 Å². The van der Waals surface area contributed by atoms with Crippen LogP contribution in [0.15, 0.2) is 72.8 Å². The fourth-order valence-corrected chi connectivity index (χ4v) is 9.33. The molecule has 23 heteroatoms. The van der Waals surface area contributed by atoms with Crippen LogP contribution < -0.4 is 26.4 Å². The third kappa shape index (κ3) is 23.5. The number of nitrogens with two attached hydrogens (primary N) is 1. The number of rotatable bonds is 41. The highest BCUT2D eigenvalue weighted by Gasteiger charge is 2.56. The molecule has 8 N–H and O–H groups in total. The van der Waals surface area contributed by atoms with Gasteiger partial charge in [-0.3, -0.25) is 19.2 Å². The monoisotopic (exact) mass is 1130 g/mol. The molecule has 0 aliphatic carbocycles. The summed E-state index contributed by atoms with van der Waals surface area (Å²) in [4.78, 5) is 65.2. The maximum Gasteiger partial charge on any atom is 0.366 e. The molecule has 434 valence electrons. The number of amides is 3. The SMILES string of the molecule is CCSCCNC(=O)c1ccc(C(=O)CCCSCCCO[C@]2(C(=O)OC)C[C@H](O)[C@@H](NC(C)=O)[C@H]([C@H](O)[C@H](O)CNC(=O)c3ccc(-c4ccccc4)cc3)O2)c(OCCOCCOCCOCCOCCOCCN)c1. The number of nitrogens with one attached hydrogen (secondary N) is 3. The standard InChI is InChI=1S/C55H80N4O17S2/c1-4-77-35-20-57-53(66)43-17-18-44(48(36-43)74-32-31-73-30-29-72-28-27-71-26-25-70-24-23-69-22-19-56)45(61)12-8-33-78-34-9-21-75-55(54(67)68-3)37-46(62)49(59-39(2)60)51(76-55)50(64)47(63)38-58-52(65)42-15-13-41(14-16-42)40-10-6-5-7-11-40/h5-7,10-11,13-18,36,46-47,49-51,62-64H,4,8-9,12,19-35,37-38,56H2,1-3H3,(H,57,66)(H,58,65)(H,59,60)/t46-,47+,49+,50+,51+,55+/m0/s1. The van der Waals surface area contributed by atoms with Gasteiger partial charge in [-0.2, -0.15) is 23.5 Å². The molecule has 0 aromatic heterocycles. The second kappa shape index (κ2) is 38.0. The van der Waals surface area contributed by atoms with Gasteiger partial charge in [0.15, 0.2) is 5.78 Å². The third-order valence-electron chi connectivity index (χ3n) is 11.9. The lowest BCUT2D eigenvalue weighted by molar-refractivity contribution is -0.311. The van der Waals surface area contributed by atoms with E-state index >= 15 is 0 Å². The number of ketones is 1. The second-order valence-corrected chi connectivity index (χ2v) is 20.4. The number of ether oxygens (including phenoxy) is 9. The van der Waals surface area contributed by atoms with Crippen LogP contribution in [-0.2, 0) is 47.5 Å². The summed E-state index contributed by atoms with van der Waals surface area (Å²) in [6.07, 6.45) is -6.00. The van der Waals surface area contributed by atoms with Gasteiger partial charge in [-0.1, -0.05) is 49.4 Å². The number of hydrogen-bond acceptors (Lipinski definition) is 20. The largest absolute Gasteiger partial charge is 0.490 e. The second-order valence-electron chi connectivity index (χ2n) is 17.7. The van der Waals surface area contributed by atoms with Gasteiger partial charge in [0.2, 0.25) is 5.91 Å². The molecule has 3 aromatic rings. The van der Waals surface area contributed by atoms with Gasteiger partial charge in [0.25, 0.3) is 17.6 Å². The first kappa shape index (κ1) is 65.8. The van der Waals surface area contributed by atoms with Crippen molar-refractivity contribution in [2.24, 2.45) is 5.73 Å². The van der Waals surface area contributed by atoms with E-state index in [1.165, 1.54) is 6.92 Å². The Labute approximate surface area is 465 Å². The number of carbonyl (C=O) groups excluding carboxylic acids is 5. The molecule has 3 aromatic carbocycles. The van der Waals surface area contributed by atoms with Crippen LogP contribution in [0.2, 0.25) is 0 Å². The molecule has 1 aliphatic heterocycles. The average molecular weight is 1130 g/mol. The van der Waals surface area contributed by atoms with Crippen molar-refractivity contribution in [1.82, 2.24) is 16.0 Å². The zero-order valence-corrected chi connectivity index (χ0v) is 46.7. The zero-order chi connectivity index (χ0) is 56.4. The topological polar surface area (TPSA) is 291 Å². The Morgan fingerprint density at radius 2 is 1.32 bits per heavy atom. The summed E-state index contributed by atoms with van der Waals surface area (Å²) >= 11 is 3.26. The van der Waals surface area contributed by atoms with E-state index in [2.05, 4.69) is 16.0 Å². The summed E-state index contributed by atoms with van der Waals surface area (Å²) in [5.41, 5.74) is 8.26. The normalized spacial score (nSPS) is 17.9. The van der Waals surface area contributed by atoms with Gasteiger partial charge in [-0.25, -0.2) is 4.79 Å². The maximum absolute atomic E-state index is 13.6. The molecule has 21 nitrogen and oxygen atoms in total. The van der Waals surface area contributed by atoms with Crippen molar-refractivity contribution in [2.75, 3.05) is 129 Å². The van der Waals surface area contributed by atoms with Crippen LogP contribution in [0.5, 0.6) is 5.75 Å². The predicted octanol–water partition coefficient (Wildman–Crippen LogP) is 3.04. The van der Waals surface area contributed by atoms with E-state index in [0.29, 0.717) is 114 Å². The first-order chi connectivity index (χ1) is 37.8. The van der Waals surface area contributed by atoms with Crippen LogP contribution >= 0.6 is 23.5 Å². The minimum Gasteiger partial charge on any atom is -0.490 e. The van der Waals surface area contributed by atoms with E-state index < -0.39 is 67.0 Å². The summed E-state index contributed by atoms with van der Waals surface area (Å²) in [6, 6.07) is 19.9. The lowest BCUT2D eigenvalue weighted by atomic mass is 9.88. The quantitative estimate of drug-likeness (QED) is 0.0244. The van der Waals surface area contributed by atoms with Crippen LogP contribution in [-0.4, -0.2) is 210 Å². The predicted molar refractivity (Wildman–Crippen MR) is 296 cm³/mol. The number of aliphatic hydroxyl groups is 3. The fraction of sp³-hybridized carbons (Fsp3) is 0.582. The smallest absolute Gasteiger partial charge is 0.366 e. The summed E-state index contributed by atoms with van der Waals surface area (Å²) in [6.45, 7) is 7.90. The van der Waals surface area contributed by atoms with Crippen molar-refractivity contribution in [3.8, 4) is 16.9 Å². The number of thioether (sulfide) groups is 2. The third-order valence-corrected chi connectivity index (χ3v) is 13.9. The number of Topliss-reactive ketones (excluding diaryl/α,β-unsaturated/α-hetero) is 1. The van der Waals surface area contributed by atoms with E-state index in [1.807, 2.05) is 37.3 Å². The molecule has 0 saturated carbocycles. The summed E-state index contributed by atoms with van der Waals surface area (Å²) in [7, 11) is 1.11. The molecule has 1 fully saturated rings. The molecule has 78 heavy (non-hydrogen) atoms. The minimum atomic E-state index is -2.23. The number of hydrogen-bond donors (Lipinski definition) is 7. The summed E-state index contributed by atoms with van der Waals surface area (Å²) in [5.74, 6) is -1.66. The summed E-state index contributed by atoms with van der Waals surface area (Å²) < 4.78 is 50.5. The van der Waals surface area contributed by atoms with Crippen LogP contribution in [0.1, 0.15) is 70.6 Å². The van der Waals surface area contributed by atoms with Gasteiger partial charge in [-0.15, -0.1) is 0 Å². The molecule has 6 atom stereocenters.